The number of carbonyl (C=O) groups excluding carboxylic acids is 1. The van der Waals surface area contributed by atoms with Gasteiger partial charge in [-0.15, -0.1) is 0 Å². The molecular formula is C15H18N2OS. The van der Waals surface area contributed by atoms with E-state index in [1.54, 1.807) is 11.3 Å². The molecule has 1 aromatic heterocycles. The number of benzene rings is 1. The Labute approximate surface area is 117 Å². The van der Waals surface area contributed by atoms with E-state index in [9.17, 15) is 4.79 Å². The van der Waals surface area contributed by atoms with E-state index in [-0.39, 0.29) is 11.9 Å². The number of hydrogen-bond donors (Lipinski definition) is 2. The van der Waals surface area contributed by atoms with Crippen LogP contribution < -0.4 is 10.6 Å². The summed E-state index contributed by atoms with van der Waals surface area (Å²) in [4.78, 5) is 11.8. The average molecular weight is 274 g/mol. The van der Waals surface area contributed by atoms with E-state index in [4.69, 9.17) is 0 Å². The second-order valence-corrected chi connectivity index (χ2v) is 5.14. The minimum Gasteiger partial charge on any atom is -0.378 e. The summed E-state index contributed by atoms with van der Waals surface area (Å²) in [6.07, 6.45) is 0. The summed E-state index contributed by atoms with van der Waals surface area (Å²) in [6.45, 7) is 4.67. The third-order valence-corrected chi connectivity index (χ3v) is 3.59. The molecule has 4 heteroatoms. The minimum atomic E-state index is -0.0330. The summed E-state index contributed by atoms with van der Waals surface area (Å²) in [5.74, 6) is -0.0330. The van der Waals surface area contributed by atoms with Crippen molar-refractivity contribution in [1.29, 1.82) is 0 Å². The Kier molecular flexibility index (Phi) is 4.58. The first-order valence-electron chi connectivity index (χ1n) is 6.37. The van der Waals surface area contributed by atoms with Crippen LogP contribution in [0.15, 0.2) is 41.1 Å². The first-order valence-corrected chi connectivity index (χ1v) is 7.32. The zero-order chi connectivity index (χ0) is 13.7. The Morgan fingerprint density at radius 1 is 1.37 bits per heavy atom. The highest BCUT2D eigenvalue weighted by Crippen LogP contribution is 2.21. The van der Waals surface area contributed by atoms with Crippen LogP contribution in [-0.4, -0.2) is 12.5 Å². The first-order chi connectivity index (χ1) is 9.20. The molecule has 0 spiro atoms. The molecule has 3 nitrogen and oxygen atoms in total. The second kappa shape index (κ2) is 6.38. The van der Waals surface area contributed by atoms with Crippen molar-refractivity contribution in [2.24, 2.45) is 0 Å². The van der Waals surface area contributed by atoms with Crippen molar-refractivity contribution in [2.75, 3.05) is 11.9 Å². The largest absolute Gasteiger partial charge is 0.378 e. The molecule has 1 heterocycles. The van der Waals surface area contributed by atoms with Crippen LogP contribution in [-0.2, 0) is 0 Å². The van der Waals surface area contributed by atoms with Gasteiger partial charge in [0.1, 0.15) is 0 Å². The maximum Gasteiger partial charge on any atom is 0.251 e. The molecule has 1 amide bonds. The van der Waals surface area contributed by atoms with E-state index >= 15 is 0 Å². The molecule has 0 saturated heterocycles. The van der Waals surface area contributed by atoms with E-state index in [1.807, 2.05) is 31.2 Å². The van der Waals surface area contributed by atoms with Gasteiger partial charge < -0.3 is 10.6 Å². The van der Waals surface area contributed by atoms with Gasteiger partial charge in [-0.25, -0.2) is 0 Å². The van der Waals surface area contributed by atoms with Gasteiger partial charge in [0.25, 0.3) is 5.91 Å². The topological polar surface area (TPSA) is 41.1 Å². The van der Waals surface area contributed by atoms with E-state index < -0.39 is 0 Å². The Bertz CT molecular complexity index is 537. The van der Waals surface area contributed by atoms with Crippen LogP contribution in [0, 0.1) is 0 Å². The summed E-state index contributed by atoms with van der Waals surface area (Å²) < 4.78 is 0. The summed E-state index contributed by atoms with van der Waals surface area (Å²) in [7, 11) is 0. The predicted molar refractivity (Wildman–Crippen MR) is 80.8 cm³/mol. The summed E-state index contributed by atoms with van der Waals surface area (Å²) in [5.41, 5.74) is 2.90. The number of nitrogens with one attached hydrogen (secondary N) is 2. The van der Waals surface area contributed by atoms with Gasteiger partial charge in [0.2, 0.25) is 0 Å². The van der Waals surface area contributed by atoms with Crippen molar-refractivity contribution in [1.82, 2.24) is 5.32 Å². The van der Waals surface area contributed by atoms with Crippen LogP contribution in [0.25, 0.3) is 0 Å². The van der Waals surface area contributed by atoms with Crippen LogP contribution >= 0.6 is 11.3 Å². The van der Waals surface area contributed by atoms with Crippen molar-refractivity contribution >= 4 is 22.9 Å². The standard InChI is InChI=1S/C15H18N2OS/c1-3-16-15(18)12-5-4-6-14(9-12)17-11(2)13-7-8-19-10-13/h4-11,17H,3H2,1-2H3,(H,16,18). The molecule has 2 rings (SSSR count). The van der Waals surface area contributed by atoms with Crippen molar-refractivity contribution in [2.45, 2.75) is 19.9 Å². The lowest BCUT2D eigenvalue weighted by atomic mass is 10.1. The molecule has 100 valence electrons. The molecule has 2 N–H and O–H groups in total. The Morgan fingerprint density at radius 3 is 2.89 bits per heavy atom. The normalized spacial score (nSPS) is 11.9. The molecule has 0 bridgehead atoms. The third-order valence-electron chi connectivity index (χ3n) is 2.89. The van der Waals surface area contributed by atoms with E-state index in [1.165, 1.54) is 5.56 Å². The quantitative estimate of drug-likeness (QED) is 0.873. The number of carbonyl (C=O) groups is 1. The molecule has 0 radical (unpaired) electrons. The molecule has 1 atom stereocenters. The van der Waals surface area contributed by atoms with E-state index in [2.05, 4.69) is 34.4 Å². The zero-order valence-electron chi connectivity index (χ0n) is 11.1. The van der Waals surface area contributed by atoms with Gasteiger partial charge in [-0.3, -0.25) is 4.79 Å². The van der Waals surface area contributed by atoms with Gasteiger partial charge in [-0.05, 0) is 54.4 Å². The maximum absolute atomic E-state index is 11.8. The van der Waals surface area contributed by atoms with Crippen LogP contribution in [0.4, 0.5) is 5.69 Å². The highest BCUT2D eigenvalue weighted by molar-refractivity contribution is 7.07. The van der Waals surface area contributed by atoms with Gasteiger partial charge >= 0.3 is 0 Å². The van der Waals surface area contributed by atoms with Gasteiger partial charge in [-0.2, -0.15) is 11.3 Å². The summed E-state index contributed by atoms with van der Waals surface area (Å²) in [5, 5.41) is 10.4. The fraction of sp³-hybridized carbons (Fsp3) is 0.267. The lowest BCUT2D eigenvalue weighted by Crippen LogP contribution is -2.22. The monoisotopic (exact) mass is 274 g/mol. The number of anilines is 1. The number of rotatable bonds is 5. The molecule has 0 aliphatic rings. The molecule has 0 fully saturated rings. The SMILES string of the molecule is CCNC(=O)c1cccc(NC(C)c2ccsc2)c1. The average Bonchev–Trinajstić information content (AvgIpc) is 2.93. The Morgan fingerprint density at radius 2 is 2.21 bits per heavy atom. The van der Waals surface area contributed by atoms with Gasteiger partial charge in [0.05, 0.1) is 0 Å². The molecule has 19 heavy (non-hydrogen) atoms. The highest BCUT2D eigenvalue weighted by atomic mass is 32.1. The van der Waals surface area contributed by atoms with Crippen molar-refractivity contribution in [3.05, 3.63) is 52.2 Å². The smallest absolute Gasteiger partial charge is 0.251 e. The van der Waals surface area contributed by atoms with Crippen LogP contribution in [0.5, 0.6) is 0 Å². The zero-order valence-corrected chi connectivity index (χ0v) is 12.0. The Hall–Kier alpha value is -1.81. The van der Waals surface area contributed by atoms with Gasteiger partial charge in [0, 0.05) is 23.8 Å². The van der Waals surface area contributed by atoms with Crippen molar-refractivity contribution in [3.63, 3.8) is 0 Å². The number of amides is 1. The molecule has 0 saturated carbocycles. The minimum absolute atomic E-state index is 0.0330. The first kappa shape index (κ1) is 13.6. The Balaban J connectivity index is 2.09. The number of hydrogen-bond acceptors (Lipinski definition) is 3. The lowest BCUT2D eigenvalue weighted by Gasteiger charge is -2.14. The predicted octanol–water partition coefficient (Wildman–Crippen LogP) is 3.67. The molecular weight excluding hydrogens is 256 g/mol. The summed E-state index contributed by atoms with van der Waals surface area (Å²) in [6, 6.07) is 9.92. The fourth-order valence-corrected chi connectivity index (χ4v) is 2.62. The van der Waals surface area contributed by atoms with E-state index in [0.717, 1.165) is 5.69 Å². The van der Waals surface area contributed by atoms with Gasteiger partial charge in [-0.1, -0.05) is 6.07 Å². The molecule has 1 aromatic carbocycles. The van der Waals surface area contributed by atoms with E-state index in [0.29, 0.717) is 12.1 Å². The van der Waals surface area contributed by atoms with Crippen LogP contribution in [0.1, 0.15) is 35.8 Å². The van der Waals surface area contributed by atoms with Crippen LogP contribution in [0.3, 0.4) is 0 Å². The fourth-order valence-electron chi connectivity index (χ4n) is 1.87. The molecule has 2 aromatic rings. The van der Waals surface area contributed by atoms with Crippen molar-refractivity contribution < 1.29 is 4.79 Å². The maximum atomic E-state index is 11.8. The lowest BCUT2D eigenvalue weighted by molar-refractivity contribution is 0.0956. The van der Waals surface area contributed by atoms with Crippen LogP contribution in [0.2, 0.25) is 0 Å². The van der Waals surface area contributed by atoms with Crippen molar-refractivity contribution in [3.8, 4) is 0 Å². The highest BCUT2D eigenvalue weighted by Gasteiger charge is 2.08. The molecule has 1 unspecified atom stereocenters. The second-order valence-electron chi connectivity index (χ2n) is 4.36. The van der Waals surface area contributed by atoms with Gasteiger partial charge in [0.15, 0.2) is 0 Å². The third kappa shape index (κ3) is 3.58. The summed E-state index contributed by atoms with van der Waals surface area (Å²) >= 11 is 1.69. The molecule has 0 aliphatic heterocycles. The molecule has 0 aliphatic carbocycles. The number of thiophene rings is 1.